The predicted molar refractivity (Wildman–Crippen MR) is 130 cm³/mol. The van der Waals surface area contributed by atoms with Gasteiger partial charge in [0, 0.05) is 25.0 Å². The Balaban J connectivity index is 1.83. The second-order valence-corrected chi connectivity index (χ2v) is 9.75. The summed E-state index contributed by atoms with van der Waals surface area (Å²) in [6, 6.07) is 7.12. The molecule has 0 bridgehead atoms. The molecule has 0 radical (unpaired) electrons. The lowest BCUT2D eigenvalue weighted by Gasteiger charge is -2.16. The van der Waals surface area contributed by atoms with Crippen LogP contribution >= 0.6 is 11.8 Å². The zero-order valence-electron chi connectivity index (χ0n) is 19.2. The minimum Gasteiger partial charge on any atom is -0.476 e. The van der Waals surface area contributed by atoms with Gasteiger partial charge in [0.1, 0.15) is 29.4 Å². The molecule has 1 aliphatic rings. The summed E-state index contributed by atoms with van der Waals surface area (Å²) in [6.45, 7) is 2.54. The van der Waals surface area contributed by atoms with Crippen molar-refractivity contribution in [2.45, 2.75) is 37.5 Å². The Bertz CT molecular complexity index is 1310. The number of nitrogens with one attached hydrogen (secondary N) is 1. The number of ether oxygens (including phenoxy) is 1. The van der Waals surface area contributed by atoms with Crippen LogP contribution in [-0.2, 0) is 18.3 Å². The number of hydrogen-bond donors (Lipinski definition) is 3. The summed E-state index contributed by atoms with van der Waals surface area (Å²) in [4.78, 5) is 25.6. The molecule has 3 rings (SSSR count). The maximum absolute atomic E-state index is 13.8. The van der Waals surface area contributed by atoms with Crippen LogP contribution in [0, 0.1) is 17.1 Å². The summed E-state index contributed by atoms with van der Waals surface area (Å²) in [5.41, 5.74) is 11.6. The van der Waals surface area contributed by atoms with Gasteiger partial charge in [0.2, 0.25) is 5.88 Å². The molecule has 2 aromatic rings. The number of halogens is 1. The van der Waals surface area contributed by atoms with Gasteiger partial charge in [-0.15, -0.1) is 0 Å². The molecule has 8 nitrogen and oxygen atoms in total. The van der Waals surface area contributed by atoms with Gasteiger partial charge in [-0.1, -0.05) is 13.0 Å². The molecule has 1 amide bonds. The van der Waals surface area contributed by atoms with E-state index in [0.29, 0.717) is 22.7 Å². The van der Waals surface area contributed by atoms with Crippen LogP contribution in [0.4, 0.5) is 4.39 Å². The first-order valence-electron chi connectivity index (χ1n) is 10.9. The minimum absolute atomic E-state index is 0.0249. The molecular formula is C24H28FN5O3S. The Morgan fingerprint density at radius 3 is 2.74 bits per heavy atom. The molecule has 0 unspecified atom stereocenters. The molecule has 1 saturated carbocycles. The van der Waals surface area contributed by atoms with Crippen molar-refractivity contribution in [3.63, 3.8) is 0 Å². The van der Waals surface area contributed by atoms with E-state index in [1.165, 1.54) is 36.0 Å². The molecule has 1 fully saturated rings. The molecule has 5 N–H and O–H groups in total. The lowest BCUT2D eigenvalue weighted by atomic mass is 10.1. The number of pyridine rings is 1. The standard InChI is InChI=1S/C24H28FN5O3S/c1-3-8-34-24(6-7-24)14-33-21(28)20-17(12-27)10-18(23(32)30(20)2)22(31)29-13-15-4-5-16(11-26)19(25)9-15/h4-5,9-10,12H,3,6-8,13-14,27-28H2,1-2H3,(H,29,31)/b17-12-,21-20-. The highest BCUT2D eigenvalue weighted by Gasteiger charge is 2.44. The number of aromatic nitrogens is 1. The van der Waals surface area contributed by atoms with Gasteiger partial charge in [0.15, 0.2) is 0 Å². The number of amides is 1. The molecule has 1 aliphatic carbocycles. The third-order valence-electron chi connectivity index (χ3n) is 5.62. The zero-order valence-corrected chi connectivity index (χ0v) is 20.0. The van der Waals surface area contributed by atoms with E-state index in [9.17, 15) is 14.0 Å². The molecule has 0 aliphatic heterocycles. The quantitative estimate of drug-likeness (QED) is 0.477. The van der Waals surface area contributed by atoms with Crippen molar-refractivity contribution in [3.8, 4) is 6.07 Å². The van der Waals surface area contributed by atoms with Gasteiger partial charge in [0.05, 0.1) is 10.3 Å². The predicted octanol–water partition coefficient (Wildman–Crippen LogP) is 0.740. The number of hydrogen-bond acceptors (Lipinski definition) is 7. The van der Waals surface area contributed by atoms with Crippen molar-refractivity contribution >= 4 is 29.8 Å². The maximum Gasteiger partial charge on any atom is 0.263 e. The van der Waals surface area contributed by atoms with Crippen LogP contribution in [0.15, 0.2) is 29.1 Å². The highest BCUT2D eigenvalue weighted by Crippen LogP contribution is 2.48. The molecular weight excluding hydrogens is 457 g/mol. The van der Waals surface area contributed by atoms with E-state index in [2.05, 4.69) is 12.2 Å². The third-order valence-corrected chi connectivity index (χ3v) is 7.37. The van der Waals surface area contributed by atoms with Gasteiger partial charge in [-0.3, -0.25) is 9.59 Å². The summed E-state index contributed by atoms with van der Waals surface area (Å²) >= 11 is 1.87. The summed E-state index contributed by atoms with van der Waals surface area (Å²) in [5, 5.41) is 12.1. The van der Waals surface area contributed by atoms with Crippen molar-refractivity contribution in [1.29, 1.82) is 5.26 Å². The second kappa shape index (κ2) is 10.7. The number of benzene rings is 1. The average molecular weight is 486 g/mol. The first-order chi connectivity index (χ1) is 16.2. The Labute approximate surface area is 201 Å². The van der Waals surface area contributed by atoms with E-state index in [4.69, 9.17) is 21.5 Å². The number of carbonyl (C=O) groups is 1. The smallest absolute Gasteiger partial charge is 0.263 e. The molecule has 1 heterocycles. The zero-order chi connectivity index (χ0) is 24.9. The van der Waals surface area contributed by atoms with Crippen LogP contribution in [0.2, 0.25) is 0 Å². The van der Waals surface area contributed by atoms with Gasteiger partial charge in [-0.05, 0) is 48.8 Å². The number of nitrogens with zero attached hydrogens (tertiary/aromatic N) is 2. The number of carbonyl (C=O) groups excluding carboxylic acids is 1. The van der Waals surface area contributed by atoms with E-state index >= 15 is 0 Å². The molecule has 1 aromatic heterocycles. The number of nitriles is 1. The highest BCUT2D eigenvalue weighted by atomic mass is 32.2. The van der Waals surface area contributed by atoms with Crippen LogP contribution < -0.4 is 32.9 Å². The first kappa shape index (κ1) is 25.2. The summed E-state index contributed by atoms with van der Waals surface area (Å²) in [7, 11) is 1.49. The first-order valence-corrected chi connectivity index (χ1v) is 11.9. The van der Waals surface area contributed by atoms with E-state index in [0.717, 1.165) is 31.1 Å². The topological polar surface area (TPSA) is 136 Å². The van der Waals surface area contributed by atoms with E-state index < -0.39 is 17.3 Å². The molecule has 1 aromatic carbocycles. The van der Waals surface area contributed by atoms with Crippen molar-refractivity contribution in [3.05, 3.63) is 67.7 Å². The minimum atomic E-state index is -0.679. The fraction of sp³-hybridized carbons (Fsp3) is 0.375. The lowest BCUT2D eigenvalue weighted by Crippen LogP contribution is -2.48. The fourth-order valence-corrected chi connectivity index (χ4v) is 4.63. The Hall–Kier alpha value is -3.45. The SMILES string of the molecule is CCCSC1(CO/C(N)=c2/c(=C\N)cc(C(=O)NCc3ccc(C#N)c(F)c3)c(=O)n2C)CC1. The van der Waals surface area contributed by atoms with Crippen LogP contribution in [0.5, 0.6) is 0 Å². The van der Waals surface area contributed by atoms with Crippen molar-refractivity contribution in [2.24, 2.45) is 18.5 Å². The van der Waals surface area contributed by atoms with Crippen LogP contribution in [0.3, 0.4) is 0 Å². The van der Waals surface area contributed by atoms with Gasteiger partial charge in [0.25, 0.3) is 11.5 Å². The van der Waals surface area contributed by atoms with Crippen LogP contribution in [0.25, 0.3) is 12.1 Å². The largest absolute Gasteiger partial charge is 0.476 e. The Kier molecular flexibility index (Phi) is 7.89. The molecule has 34 heavy (non-hydrogen) atoms. The summed E-state index contributed by atoms with van der Waals surface area (Å²) < 4.78 is 21.0. The van der Waals surface area contributed by atoms with Crippen LogP contribution in [-0.4, -0.2) is 27.6 Å². The Morgan fingerprint density at radius 1 is 1.41 bits per heavy atom. The van der Waals surface area contributed by atoms with Crippen molar-refractivity contribution < 1.29 is 13.9 Å². The second-order valence-electron chi connectivity index (χ2n) is 8.19. The average Bonchev–Trinajstić information content (AvgIpc) is 3.61. The Morgan fingerprint density at radius 2 is 2.15 bits per heavy atom. The molecule has 0 atom stereocenters. The monoisotopic (exact) mass is 485 g/mol. The fourth-order valence-electron chi connectivity index (χ4n) is 3.46. The van der Waals surface area contributed by atoms with Gasteiger partial charge in [-0.25, -0.2) is 4.39 Å². The maximum atomic E-state index is 13.8. The summed E-state index contributed by atoms with van der Waals surface area (Å²) in [6.07, 6.45) is 4.45. The summed E-state index contributed by atoms with van der Waals surface area (Å²) in [5.74, 6) is -0.212. The molecule has 0 saturated heterocycles. The molecule has 10 heteroatoms. The van der Waals surface area contributed by atoms with E-state index in [-0.39, 0.29) is 28.3 Å². The number of rotatable bonds is 9. The lowest BCUT2D eigenvalue weighted by molar-refractivity contribution is 0.0948. The van der Waals surface area contributed by atoms with Crippen molar-refractivity contribution in [1.82, 2.24) is 9.88 Å². The number of nitrogens with two attached hydrogens (primary N) is 2. The molecule has 0 spiro atoms. The normalized spacial score (nSPS) is 15.4. The van der Waals surface area contributed by atoms with Crippen molar-refractivity contribution in [2.75, 3.05) is 12.4 Å². The van der Waals surface area contributed by atoms with Gasteiger partial charge >= 0.3 is 0 Å². The van der Waals surface area contributed by atoms with E-state index in [1.54, 1.807) is 6.07 Å². The van der Waals surface area contributed by atoms with E-state index in [1.807, 2.05) is 11.8 Å². The van der Waals surface area contributed by atoms with Gasteiger partial charge < -0.3 is 26.1 Å². The third kappa shape index (κ3) is 5.54. The number of thioether (sulfide) groups is 1. The van der Waals surface area contributed by atoms with Gasteiger partial charge in [-0.2, -0.15) is 17.0 Å². The van der Waals surface area contributed by atoms with Crippen LogP contribution in [0.1, 0.15) is 47.7 Å². The molecule has 180 valence electrons. The highest BCUT2D eigenvalue weighted by molar-refractivity contribution is 8.00.